The van der Waals surface area contributed by atoms with Gasteiger partial charge in [0.15, 0.2) is 0 Å². The van der Waals surface area contributed by atoms with Crippen molar-refractivity contribution in [2.24, 2.45) is 0 Å². The summed E-state index contributed by atoms with van der Waals surface area (Å²) in [6, 6.07) is 0. The van der Waals surface area contributed by atoms with Crippen LogP contribution in [0.15, 0.2) is 0 Å². The van der Waals surface area contributed by atoms with Crippen LogP contribution in [0.1, 0.15) is 0 Å². The number of nitrogens with one attached hydrogen (secondary N) is 1. The molecule has 1 aliphatic heterocycles. The molecule has 68 valence electrons. The van der Waals surface area contributed by atoms with Crippen molar-refractivity contribution in [1.29, 1.82) is 0 Å². The van der Waals surface area contributed by atoms with Gasteiger partial charge in [0.05, 0.1) is 12.2 Å². The molecule has 1 rings (SSSR count). The molecule has 0 aromatic carbocycles. The molecule has 0 spiro atoms. The Morgan fingerprint density at radius 3 is 2.00 bits per heavy atom. The summed E-state index contributed by atoms with van der Waals surface area (Å²) >= 11 is 0. The summed E-state index contributed by atoms with van der Waals surface area (Å²) in [5, 5.41) is 2.88. The van der Waals surface area contributed by atoms with Crippen molar-refractivity contribution in [3.63, 3.8) is 0 Å². The predicted octanol–water partition coefficient (Wildman–Crippen LogP) is 0.704. The predicted molar refractivity (Wildman–Crippen MR) is 40.7 cm³/mol. The molecule has 2 nitrogen and oxygen atoms in total. The molecule has 0 aromatic rings. The lowest BCUT2D eigenvalue weighted by Gasteiger charge is -2.27. The molecule has 1 aliphatic rings. The first-order valence-electron chi connectivity index (χ1n) is 3.35. The van der Waals surface area contributed by atoms with Gasteiger partial charge in [-0.05, 0) is 0 Å². The first-order valence-corrected chi connectivity index (χ1v) is 3.35. The van der Waals surface area contributed by atoms with E-state index in [0.717, 1.165) is 0 Å². The largest absolute Gasteiger partial charge is 0.367 e. The maximum Gasteiger partial charge on any atom is 0.117 e. The minimum absolute atomic E-state index is 0. The van der Waals surface area contributed by atoms with Crippen molar-refractivity contribution in [3.8, 4) is 0 Å². The Balaban J connectivity index is 0.000001000. The fourth-order valence-electron chi connectivity index (χ4n) is 0.956. The molecular formula is C6H12ClF2NO. The topological polar surface area (TPSA) is 21.3 Å². The van der Waals surface area contributed by atoms with Crippen LogP contribution in [0, 0.1) is 0 Å². The second kappa shape index (κ2) is 5.69. The van der Waals surface area contributed by atoms with Gasteiger partial charge in [0.1, 0.15) is 13.3 Å². The average molecular weight is 188 g/mol. The number of ether oxygens (including phenoxy) is 1. The standard InChI is InChI=1S/C6H11F2NO.ClH/c7-1-5-3-9-4-6(2-8)10-5;/h5-6,9H,1-4H2;1H/t5-,6+;. The highest BCUT2D eigenvalue weighted by Crippen LogP contribution is 2.04. The Hall–Kier alpha value is 0.0700. The molecule has 0 bridgehead atoms. The quantitative estimate of drug-likeness (QED) is 0.688. The fourth-order valence-corrected chi connectivity index (χ4v) is 0.956. The van der Waals surface area contributed by atoms with E-state index in [4.69, 9.17) is 4.74 Å². The molecular weight excluding hydrogens is 176 g/mol. The lowest BCUT2D eigenvalue weighted by atomic mass is 10.2. The molecule has 1 N–H and O–H groups in total. The van der Waals surface area contributed by atoms with E-state index in [1.165, 1.54) is 0 Å². The molecule has 0 unspecified atom stereocenters. The number of hydrogen-bond donors (Lipinski definition) is 1. The third-order valence-corrected chi connectivity index (χ3v) is 1.47. The van der Waals surface area contributed by atoms with Gasteiger partial charge in [0.25, 0.3) is 0 Å². The molecule has 1 fully saturated rings. The Morgan fingerprint density at radius 2 is 1.64 bits per heavy atom. The van der Waals surface area contributed by atoms with E-state index in [2.05, 4.69) is 5.32 Å². The van der Waals surface area contributed by atoms with Crippen LogP contribution in [0.3, 0.4) is 0 Å². The van der Waals surface area contributed by atoms with Gasteiger partial charge < -0.3 is 10.1 Å². The number of halogens is 3. The third kappa shape index (κ3) is 3.31. The molecule has 11 heavy (non-hydrogen) atoms. The third-order valence-electron chi connectivity index (χ3n) is 1.47. The van der Waals surface area contributed by atoms with Crippen LogP contribution in [-0.2, 0) is 4.74 Å². The van der Waals surface area contributed by atoms with Crippen LogP contribution in [0.4, 0.5) is 8.78 Å². The summed E-state index contributed by atoms with van der Waals surface area (Å²) in [6.45, 7) is -0.0903. The SMILES string of the molecule is Cl.FC[C@@H]1CNC[C@H](CF)O1. The van der Waals surface area contributed by atoms with Crippen LogP contribution < -0.4 is 5.32 Å². The van der Waals surface area contributed by atoms with E-state index in [9.17, 15) is 8.78 Å². The smallest absolute Gasteiger partial charge is 0.117 e. The van der Waals surface area contributed by atoms with Crippen molar-refractivity contribution < 1.29 is 13.5 Å². The highest BCUT2D eigenvalue weighted by atomic mass is 35.5. The van der Waals surface area contributed by atoms with Crippen molar-refractivity contribution in [2.75, 3.05) is 26.4 Å². The van der Waals surface area contributed by atoms with Gasteiger partial charge in [-0.1, -0.05) is 0 Å². The lowest BCUT2D eigenvalue weighted by molar-refractivity contribution is -0.0556. The maximum absolute atomic E-state index is 11.9. The van der Waals surface area contributed by atoms with E-state index in [0.29, 0.717) is 13.1 Å². The Labute approximate surface area is 70.7 Å². The van der Waals surface area contributed by atoms with Gasteiger partial charge in [-0.3, -0.25) is 0 Å². The van der Waals surface area contributed by atoms with Crippen molar-refractivity contribution >= 4 is 12.4 Å². The van der Waals surface area contributed by atoms with Gasteiger partial charge in [-0.25, -0.2) is 8.78 Å². The van der Waals surface area contributed by atoms with Crippen molar-refractivity contribution in [3.05, 3.63) is 0 Å². The second-order valence-corrected chi connectivity index (χ2v) is 2.35. The Morgan fingerprint density at radius 1 is 1.18 bits per heavy atom. The Kier molecular flexibility index (Phi) is 5.72. The molecule has 0 amide bonds. The van der Waals surface area contributed by atoms with E-state index >= 15 is 0 Å². The molecule has 2 atom stereocenters. The van der Waals surface area contributed by atoms with Crippen molar-refractivity contribution in [2.45, 2.75) is 12.2 Å². The molecule has 0 aliphatic carbocycles. The number of alkyl halides is 2. The first kappa shape index (κ1) is 11.1. The monoisotopic (exact) mass is 187 g/mol. The normalized spacial score (nSPS) is 31.1. The van der Waals surface area contributed by atoms with Crippen LogP contribution in [0.25, 0.3) is 0 Å². The summed E-state index contributed by atoms with van der Waals surface area (Å²) in [6.07, 6.45) is -0.899. The maximum atomic E-state index is 11.9. The van der Waals surface area contributed by atoms with Gasteiger partial charge in [0.2, 0.25) is 0 Å². The van der Waals surface area contributed by atoms with Gasteiger partial charge in [-0.15, -0.1) is 12.4 Å². The van der Waals surface area contributed by atoms with E-state index in [1.807, 2.05) is 0 Å². The van der Waals surface area contributed by atoms with Crippen LogP contribution in [-0.4, -0.2) is 38.6 Å². The second-order valence-electron chi connectivity index (χ2n) is 2.35. The molecule has 0 saturated carbocycles. The number of rotatable bonds is 2. The van der Waals surface area contributed by atoms with Gasteiger partial charge in [0, 0.05) is 13.1 Å². The molecule has 0 aromatic heterocycles. The van der Waals surface area contributed by atoms with E-state index < -0.39 is 25.6 Å². The summed E-state index contributed by atoms with van der Waals surface area (Å²) in [5.74, 6) is 0. The molecule has 1 heterocycles. The van der Waals surface area contributed by atoms with Gasteiger partial charge >= 0.3 is 0 Å². The summed E-state index contributed by atoms with van der Waals surface area (Å²) < 4.78 is 28.8. The zero-order valence-electron chi connectivity index (χ0n) is 6.06. The van der Waals surface area contributed by atoms with Crippen LogP contribution in [0.2, 0.25) is 0 Å². The lowest BCUT2D eigenvalue weighted by Crippen LogP contribution is -2.46. The zero-order valence-corrected chi connectivity index (χ0v) is 6.87. The zero-order chi connectivity index (χ0) is 7.40. The average Bonchev–Trinajstić information content (AvgIpc) is 2.05. The molecule has 0 radical (unpaired) electrons. The van der Waals surface area contributed by atoms with Crippen LogP contribution in [0.5, 0.6) is 0 Å². The summed E-state index contributed by atoms with van der Waals surface area (Å²) in [4.78, 5) is 0. The first-order chi connectivity index (χ1) is 4.86. The summed E-state index contributed by atoms with van der Waals surface area (Å²) in [7, 11) is 0. The Bertz CT molecular complexity index is 96.6. The minimum atomic E-state index is -0.538. The number of hydrogen-bond acceptors (Lipinski definition) is 2. The summed E-state index contributed by atoms with van der Waals surface area (Å²) in [5.41, 5.74) is 0. The fraction of sp³-hybridized carbons (Fsp3) is 1.00. The van der Waals surface area contributed by atoms with Crippen molar-refractivity contribution in [1.82, 2.24) is 5.32 Å². The minimum Gasteiger partial charge on any atom is -0.367 e. The number of morpholine rings is 1. The van der Waals surface area contributed by atoms with Crippen LogP contribution >= 0.6 is 12.4 Å². The molecule has 5 heteroatoms. The molecule has 1 saturated heterocycles. The van der Waals surface area contributed by atoms with Gasteiger partial charge in [-0.2, -0.15) is 0 Å². The van der Waals surface area contributed by atoms with E-state index in [-0.39, 0.29) is 12.4 Å². The highest BCUT2D eigenvalue weighted by molar-refractivity contribution is 5.85. The highest BCUT2D eigenvalue weighted by Gasteiger charge is 2.21. The van der Waals surface area contributed by atoms with E-state index in [1.54, 1.807) is 0 Å².